The molecule has 10 heteroatoms. The van der Waals surface area contributed by atoms with Gasteiger partial charge in [0, 0.05) is 24.5 Å². The van der Waals surface area contributed by atoms with Crippen LogP contribution in [0.3, 0.4) is 0 Å². The van der Waals surface area contributed by atoms with E-state index in [1.165, 1.54) is 12.4 Å². The highest BCUT2D eigenvalue weighted by Crippen LogP contribution is 2.25. The van der Waals surface area contributed by atoms with Gasteiger partial charge in [-0.1, -0.05) is 0 Å². The van der Waals surface area contributed by atoms with E-state index in [4.69, 9.17) is 10.00 Å². The first-order chi connectivity index (χ1) is 12.9. The number of nitrogens with one attached hydrogen (secondary N) is 1. The van der Waals surface area contributed by atoms with Crippen molar-refractivity contribution in [2.24, 2.45) is 0 Å². The summed E-state index contributed by atoms with van der Waals surface area (Å²) in [7, 11) is -4.09. The maximum Gasteiger partial charge on any atom is 0.251 e. The number of rotatable bonds is 5. The zero-order chi connectivity index (χ0) is 19.4. The van der Waals surface area contributed by atoms with Crippen LogP contribution in [0.2, 0.25) is 0 Å². The van der Waals surface area contributed by atoms with E-state index < -0.39 is 32.6 Å². The summed E-state index contributed by atoms with van der Waals surface area (Å²) in [5.74, 6) is -1.83. The summed E-state index contributed by atoms with van der Waals surface area (Å²) in [5, 5.41) is 9.00. The number of hydrogen-bond donors (Lipinski definition) is 1. The molecule has 0 radical (unpaired) electrons. The molecule has 0 bridgehead atoms. The Hall–Kier alpha value is -2.64. The van der Waals surface area contributed by atoms with Crippen molar-refractivity contribution in [2.75, 3.05) is 0 Å². The maximum atomic E-state index is 13.8. The molecule has 1 saturated carbocycles. The second kappa shape index (κ2) is 7.94. The zero-order valence-electron chi connectivity index (χ0n) is 14.1. The topological polar surface area (TPSA) is 105 Å². The lowest BCUT2D eigenvalue weighted by Gasteiger charge is -2.29. The van der Waals surface area contributed by atoms with Crippen molar-refractivity contribution in [3.05, 3.63) is 47.9 Å². The Bertz CT molecular complexity index is 970. The first-order valence-corrected chi connectivity index (χ1v) is 9.72. The Kier molecular flexibility index (Phi) is 5.62. The number of sulfonamides is 1. The van der Waals surface area contributed by atoms with Crippen molar-refractivity contribution in [3.63, 3.8) is 0 Å². The lowest BCUT2D eigenvalue weighted by molar-refractivity contribution is 0.137. The summed E-state index contributed by atoms with van der Waals surface area (Å²) < 4.78 is 59.5. The lowest BCUT2D eigenvalue weighted by atomic mass is 9.94. The summed E-state index contributed by atoms with van der Waals surface area (Å²) in [6.45, 7) is 0. The van der Waals surface area contributed by atoms with Crippen molar-refractivity contribution in [1.29, 1.82) is 5.26 Å². The van der Waals surface area contributed by atoms with Gasteiger partial charge in [0.15, 0.2) is 0 Å². The van der Waals surface area contributed by atoms with E-state index in [1.807, 2.05) is 6.07 Å². The summed E-state index contributed by atoms with van der Waals surface area (Å²) in [4.78, 5) is 7.28. The third-order valence-electron chi connectivity index (χ3n) is 4.23. The van der Waals surface area contributed by atoms with Crippen LogP contribution in [0.4, 0.5) is 8.78 Å². The van der Waals surface area contributed by atoms with E-state index in [2.05, 4.69) is 14.7 Å². The van der Waals surface area contributed by atoms with Crippen molar-refractivity contribution in [3.8, 4) is 11.9 Å². The largest absolute Gasteiger partial charge is 0.472 e. The fourth-order valence-electron chi connectivity index (χ4n) is 2.92. The molecule has 0 aliphatic heterocycles. The van der Waals surface area contributed by atoms with E-state index in [0.29, 0.717) is 31.7 Å². The van der Waals surface area contributed by atoms with Crippen LogP contribution in [0, 0.1) is 23.0 Å². The highest BCUT2D eigenvalue weighted by Gasteiger charge is 2.28. The highest BCUT2D eigenvalue weighted by molar-refractivity contribution is 7.89. The lowest BCUT2D eigenvalue weighted by Crippen LogP contribution is -2.40. The van der Waals surface area contributed by atoms with Crippen molar-refractivity contribution < 1.29 is 21.9 Å². The number of hydrogen-bond acceptors (Lipinski definition) is 6. The minimum atomic E-state index is -4.09. The van der Waals surface area contributed by atoms with Crippen LogP contribution in [-0.2, 0) is 10.0 Å². The molecule has 0 spiro atoms. The van der Waals surface area contributed by atoms with E-state index in [-0.39, 0.29) is 17.7 Å². The Labute approximate surface area is 155 Å². The van der Waals surface area contributed by atoms with Crippen LogP contribution in [0.25, 0.3) is 0 Å². The quantitative estimate of drug-likeness (QED) is 0.834. The van der Waals surface area contributed by atoms with Crippen LogP contribution in [0.5, 0.6) is 5.88 Å². The average Bonchev–Trinajstić information content (AvgIpc) is 2.63. The van der Waals surface area contributed by atoms with Crippen LogP contribution < -0.4 is 9.46 Å². The third-order valence-corrected chi connectivity index (χ3v) is 5.78. The Morgan fingerprint density at radius 1 is 1.15 bits per heavy atom. The normalized spacial score (nSPS) is 20.0. The summed E-state index contributed by atoms with van der Waals surface area (Å²) in [6.07, 6.45) is 4.58. The Balaban J connectivity index is 1.60. The van der Waals surface area contributed by atoms with Gasteiger partial charge in [-0.25, -0.2) is 31.9 Å². The second-order valence-corrected chi connectivity index (χ2v) is 7.79. The van der Waals surface area contributed by atoms with Gasteiger partial charge in [0.2, 0.25) is 15.7 Å². The van der Waals surface area contributed by atoms with E-state index in [9.17, 15) is 17.2 Å². The van der Waals surface area contributed by atoms with Crippen LogP contribution in [0.1, 0.15) is 31.4 Å². The molecule has 1 aromatic carbocycles. The number of ether oxygens (including phenoxy) is 1. The third kappa shape index (κ3) is 4.56. The average molecular weight is 394 g/mol. The van der Waals surface area contributed by atoms with Crippen molar-refractivity contribution in [2.45, 2.75) is 42.7 Å². The van der Waals surface area contributed by atoms with Gasteiger partial charge >= 0.3 is 0 Å². The summed E-state index contributed by atoms with van der Waals surface area (Å²) in [6, 6.07) is 3.84. The molecule has 1 heterocycles. The monoisotopic (exact) mass is 394 g/mol. The molecule has 27 heavy (non-hydrogen) atoms. The molecule has 0 atom stereocenters. The fourth-order valence-corrected chi connectivity index (χ4v) is 4.28. The van der Waals surface area contributed by atoms with Crippen molar-refractivity contribution >= 4 is 10.0 Å². The van der Waals surface area contributed by atoms with Gasteiger partial charge in [0.05, 0.1) is 0 Å². The van der Waals surface area contributed by atoms with Crippen LogP contribution in [-0.4, -0.2) is 30.5 Å². The summed E-state index contributed by atoms with van der Waals surface area (Å²) >= 11 is 0. The Morgan fingerprint density at radius 2 is 1.85 bits per heavy atom. The molecule has 142 valence electrons. The SMILES string of the molecule is N#Cc1nccnc1OC1CCC(NS(=O)(=O)c2ccc(F)cc2F)CC1. The van der Waals surface area contributed by atoms with Gasteiger partial charge in [-0.3, -0.25) is 0 Å². The summed E-state index contributed by atoms with van der Waals surface area (Å²) in [5.41, 5.74) is 0.0899. The molecular weight excluding hydrogens is 378 g/mol. The smallest absolute Gasteiger partial charge is 0.251 e. The molecule has 0 saturated heterocycles. The first kappa shape index (κ1) is 19.1. The fraction of sp³-hybridized carbons (Fsp3) is 0.353. The Morgan fingerprint density at radius 3 is 2.52 bits per heavy atom. The molecule has 0 unspecified atom stereocenters. The molecule has 0 amide bonds. The van der Waals surface area contributed by atoms with E-state index >= 15 is 0 Å². The second-order valence-electron chi connectivity index (χ2n) is 6.11. The predicted molar refractivity (Wildman–Crippen MR) is 90.1 cm³/mol. The van der Waals surface area contributed by atoms with Gasteiger partial charge in [0.1, 0.15) is 28.7 Å². The molecule has 1 N–H and O–H groups in total. The zero-order valence-corrected chi connectivity index (χ0v) is 14.9. The van der Waals surface area contributed by atoms with Crippen LogP contribution >= 0.6 is 0 Å². The number of nitrogens with zero attached hydrogens (tertiary/aromatic N) is 3. The van der Waals surface area contributed by atoms with Gasteiger partial charge in [0.25, 0.3) is 5.88 Å². The minimum absolute atomic E-state index is 0.0899. The molecule has 2 aromatic rings. The van der Waals surface area contributed by atoms with Gasteiger partial charge in [-0.05, 0) is 37.8 Å². The molecule has 7 nitrogen and oxygen atoms in total. The standard InChI is InChI=1S/C17H16F2N4O3S/c18-11-1-6-16(14(19)9-11)27(24,25)23-12-2-4-13(5-3-12)26-17-15(10-20)21-7-8-22-17/h1,6-9,12-13,23H,2-5H2. The van der Waals surface area contributed by atoms with Gasteiger partial charge in [-0.2, -0.15) is 5.26 Å². The van der Waals surface area contributed by atoms with Crippen LogP contribution in [0.15, 0.2) is 35.5 Å². The number of halogens is 2. The van der Waals surface area contributed by atoms with Gasteiger partial charge in [-0.15, -0.1) is 0 Å². The highest BCUT2D eigenvalue weighted by atomic mass is 32.2. The van der Waals surface area contributed by atoms with Crippen molar-refractivity contribution in [1.82, 2.24) is 14.7 Å². The molecule has 1 aromatic heterocycles. The number of nitriles is 1. The molecule has 1 fully saturated rings. The van der Waals surface area contributed by atoms with E-state index in [0.717, 1.165) is 12.1 Å². The minimum Gasteiger partial charge on any atom is -0.472 e. The molecular formula is C17H16F2N4O3S. The molecule has 1 aliphatic carbocycles. The number of benzene rings is 1. The first-order valence-electron chi connectivity index (χ1n) is 8.24. The van der Waals surface area contributed by atoms with Gasteiger partial charge < -0.3 is 4.74 Å². The maximum absolute atomic E-state index is 13.8. The predicted octanol–water partition coefficient (Wildman–Crippen LogP) is 2.29. The number of aromatic nitrogens is 2. The van der Waals surface area contributed by atoms with E-state index in [1.54, 1.807) is 0 Å². The molecule has 1 aliphatic rings. The molecule has 3 rings (SSSR count).